The molecule has 0 aliphatic carbocycles. The topological polar surface area (TPSA) is 76.1 Å². The molecule has 6 nitrogen and oxygen atoms in total. The number of benzene rings is 2. The van der Waals surface area contributed by atoms with Crippen LogP contribution < -0.4 is 15.4 Å². The number of amides is 1. The predicted molar refractivity (Wildman–Crippen MR) is 97.4 cm³/mol. The van der Waals surface area contributed by atoms with E-state index in [9.17, 15) is 13.6 Å². The Labute approximate surface area is 154 Å². The molecular formula is C19H16F2N4O2. The summed E-state index contributed by atoms with van der Waals surface area (Å²) < 4.78 is 32.0. The normalized spacial score (nSPS) is 10.4. The van der Waals surface area contributed by atoms with Crippen molar-refractivity contribution in [3.8, 4) is 5.75 Å². The summed E-state index contributed by atoms with van der Waals surface area (Å²) in [7, 11) is 1.50. The summed E-state index contributed by atoms with van der Waals surface area (Å²) in [4.78, 5) is 20.4. The van der Waals surface area contributed by atoms with Gasteiger partial charge in [0, 0.05) is 12.1 Å². The van der Waals surface area contributed by atoms with Gasteiger partial charge in [-0.3, -0.25) is 4.79 Å². The molecule has 3 rings (SSSR count). The van der Waals surface area contributed by atoms with Gasteiger partial charge in [-0.15, -0.1) is 0 Å². The Morgan fingerprint density at radius 2 is 1.85 bits per heavy atom. The number of halogens is 2. The fourth-order valence-corrected chi connectivity index (χ4v) is 2.38. The predicted octanol–water partition coefficient (Wildman–Crippen LogP) is 4.07. The largest absolute Gasteiger partial charge is 0.495 e. The van der Waals surface area contributed by atoms with Gasteiger partial charge in [0.2, 0.25) is 0 Å². The van der Waals surface area contributed by atoms with Gasteiger partial charge in [0.1, 0.15) is 35.2 Å². The van der Waals surface area contributed by atoms with E-state index in [-0.39, 0.29) is 17.2 Å². The monoisotopic (exact) mass is 370 g/mol. The highest BCUT2D eigenvalue weighted by Crippen LogP contribution is 2.26. The van der Waals surface area contributed by atoms with Gasteiger partial charge < -0.3 is 15.4 Å². The quantitative estimate of drug-likeness (QED) is 0.708. The molecule has 0 radical (unpaired) electrons. The van der Waals surface area contributed by atoms with E-state index in [4.69, 9.17) is 4.74 Å². The Morgan fingerprint density at radius 3 is 2.59 bits per heavy atom. The number of ether oxygens (including phenoxy) is 1. The minimum Gasteiger partial charge on any atom is -0.495 e. The molecule has 27 heavy (non-hydrogen) atoms. The Morgan fingerprint density at radius 1 is 1.04 bits per heavy atom. The van der Waals surface area contributed by atoms with E-state index < -0.39 is 17.5 Å². The van der Waals surface area contributed by atoms with Gasteiger partial charge in [-0.25, -0.2) is 18.7 Å². The number of aryl methyl sites for hydroxylation is 1. The van der Waals surface area contributed by atoms with Crippen LogP contribution in [0.1, 0.15) is 16.1 Å². The third-order valence-corrected chi connectivity index (χ3v) is 3.70. The zero-order chi connectivity index (χ0) is 19.4. The molecule has 1 amide bonds. The number of aromatic nitrogens is 2. The van der Waals surface area contributed by atoms with Gasteiger partial charge in [-0.2, -0.15) is 0 Å². The molecule has 0 spiro atoms. The maximum Gasteiger partial charge on any atom is 0.274 e. The van der Waals surface area contributed by atoms with Crippen LogP contribution >= 0.6 is 0 Å². The van der Waals surface area contributed by atoms with Crippen molar-refractivity contribution in [2.45, 2.75) is 6.92 Å². The molecule has 138 valence electrons. The van der Waals surface area contributed by atoms with Crippen molar-refractivity contribution in [1.82, 2.24) is 9.97 Å². The molecule has 0 saturated heterocycles. The van der Waals surface area contributed by atoms with E-state index in [1.54, 1.807) is 12.1 Å². The summed E-state index contributed by atoms with van der Waals surface area (Å²) in [5.74, 6) is -1.24. The van der Waals surface area contributed by atoms with Gasteiger partial charge in [-0.1, -0.05) is 6.07 Å². The van der Waals surface area contributed by atoms with Crippen LogP contribution in [0, 0.1) is 18.6 Å². The number of hydrogen-bond donors (Lipinski definition) is 2. The average Bonchev–Trinajstić information content (AvgIpc) is 2.64. The molecule has 0 aliphatic rings. The second-order valence-corrected chi connectivity index (χ2v) is 5.70. The van der Waals surface area contributed by atoms with Gasteiger partial charge in [0.05, 0.1) is 18.5 Å². The lowest BCUT2D eigenvalue weighted by molar-refractivity contribution is 0.102. The molecule has 0 atom stereocenters. The van der Waals surface area contributed by atoms with Crippen LogP contribution in [0.25, 0.3) is 0 Å². The van der Waals surface area contributed by atoms with E-state index in [1.165, 1.54) is 25.6 Å². The first-order chi connectivity index (χ1) is 13.0. The lowest BCUT2D eigenvalue weighted by Gasteiger charge is -2.11. The van der Waals surface area contributed by atoms with Crippen molar-refractivity contribution in [2.24, 2.45) is 0 Å². The first-order valence-electron chi connectivity index (χ1n) is 7.96. The van der Waals surface area contributed by atoms with Crippen LogP contribution in [0.5, 0.6) is 5.75 Å². The Bertz CT molecular complexity index is 995. The van der Waals surface area contributed by atoms with E-state index in [1.807, 2.05) is 13.0 Å². The van der Waals surface area contributed by atoms with Crippen molar-refractivity contribution >= 4 is 23.1 Å². The van der Waals surface area contributed by atoms with Crippen molar-refractivity contribution in [2.75, 3.05) is 17.7 Å². The third-order valence-electron chi connectivity index (χ3n) is 3.70. The molecule has 0 unspecified atom stereocenters. The van der Waals surface area contributed by atoms with Gasteiger partial charge >= 0.3 is 0 Å². The first kappa shape index (κ1) is 18.2. The van der Waals surface area contributed by atoms with Crippen molar-refractivity contribution in [3.05, 3.63) is 71.7 Å². The first-order valence-corrected chi connectivity index (χ1v) is 7.96. The Hall–Kier alpha value is -3.55. The van der Waals surface area contributed by atoms with Gasteiger partial charge in [-0.05, 0) is 36.8 Å². The molecule has 3 aromatic rings. The number of hydrogen-bond acceptors (Lipinski definition) is 5. The van der Waals surface area contributed by atoms with Crippen LogP contribution in [0.2, 0.25) is 0 Å². The van der Waals surface area contributed by atoms with Crippen molar-refractivity contribution < 1.29 is 18.3 Å². The van der Waals surface area contributed by atoms with Gasteiger partial charge in [0.15, 0.2) is 0 Å². The minimum atomic E-state index is -0.774. The van der Waals surface area contributed by atoms with Crippen molar-refractivity contribution in [3.63, 3.8) is 0 Å². The van der Waals surface area contributed by atoms with E-state index in [0.717, 1.165) is 17.7 Å². The zero-order valence-electron chi connectivity index (χ0n) is 14.6. The molecule has 2 aromatic carbocycles. The van der Waals surface area contributed by atoms with E-state index >= 15 is 0 Å². The molecule has 1 heterocycles. The number of anilines is 3. The SMILES string of the molecule is COc1ccc(C)cc1NC(=O)c1cc(Nc2ccc(F)cc2F)ncn1. The molecule has 0 saturated carbocycles. The van der Waals surface area contributed by atoms with E-state index in [0.29, 0.717) is 11.4 Å². The van der Waals surface area contributed by atoms with Crippen LogP contribution in [0.4, 0.5) is 26.0 Å². The van der Waals surface area contributed by atoms with Crippen LogP contribution in [0.15, 0.2) is 48.8 Å². The van der Waals surface area contributed by atoms with Crippen LogP contribution in [-0.4, -0.2) is 23.0 Å². The summed E-state index contributed by atoms with van der Waals surface area (Å²) in [5, 5.41) is 5.42. The van der Waals surface area contributed by atoms with Crippen LogP contribution in [0.3, 0.4) is 0 Å². The van der Waals surface area contributed by atoms with E-state index in [2.05, 4.69) is 20.6 Å². The smallest absolute Gasteiger partial charge is 0.274 e. The summed E-state index contributed by atoms with van der Waals surface area (Å²) in [6.45, 7) is 1.89. The number of methoxy groups -OCH3 is 1. The zero-order valence-corrected chi connectivity index (χ0v) is 14.6. The molecule has 2 N–H and O–H groups in total. The highest BCUT2D eigenvalue weighted by Gasteiger charge is 2.13. The second kappa shape index (κ2) is 7.77. The van der Waals surface area contributed by atoms with Crippen LogP contribution in [-0.2, 0) is 0 Å². The standard InChI is InChI=1S/C19H16F2N4O2/c1-11-3-6-17(27-2)15(7-11)25-19(26)16-9-18(23-10-22-16)24-14-5-4-12(20)8-13(14)21/h3-10H,1-2H3,(H,25,26)(H,22,23,24). The molecule has 8 heteroatoms. The lowest BCUT2D eigenvalue weighted by Crippen LogP contribution is -2.15. The third kappa shape index (κ3) is 4.35. The molecule has 0 bridgehead atoms. The molecular weight excluding hydrogens is 354 g/mol. The number of rotatable bonds is 5. The maximum absolute atomic E-state index is 13.8. The average molecular weight is 370 g/mol. The number of carbonyl (C=O) groups excluding carboxylic acids is 1. The minimum absolute atomic E-state index is 0.0295. The van der Waals surface area contributed by atoms with Gasteiger partial charge in [0.25, 0.3) is 5.91 Å². The molecule has 0 aliphatic heterocycles. The molecule has 1 aromatic heterocycles. The summed E-state index contributed by atoms with van der Waals surface area (Å²) in [6.07, 6.45) is 1.17. The summed E-state index contributed by atoms with van der Waals surface area (Å²) >= 11 is 0. The fraction of sp³-hybridized carbons (Fsp3) is 0.105. The number of nitrogens with one attached hydrogen (secondary N) is 2. The summed E-state index contributed by atoms with van der Waals surface area (Å²) in [6, 6.07) is 9.84. The lowest BCUT2D eigenvalue weighted by atomic mass is 10.2. The number of carbonyl (C=O) groups is 1. The Balaban J connectivity index is 1.81. The molecule has 0 fully saturated rings. The summed E-state index contributed by atoms with van der Waals surface area (Å²) in [5.41, 5.74) is 1.54. The Kier molecular flexibility index (Phi) is 5.25. The highest BCUT2D eigenvalue weighted by molar-refractivity contribution is 6.04. The highest BCUT2D eigenvalue weighted by atomic mass is 19.1. The fourth-order valence-electron chi connectivity index (χ4n) is 2.38. The number of nitrogens with zero attached hydrogens (tertiary/aromatic N) is 2. The van der Waals surface area contributed by atoms with Crippen molar-refractivity contribution in [1.29, 1.82) is 0 Å². The second-order valence-electron chi connectivity index (χ2n) is 5.70. The maximum atomic E-state index is 13.8.